The minimum atomic E-state index is -0.490. The van der Waals surface area contributed by atoms with Crippen LogP contribution in [0.25, 0.3) is 0 Å². The highest BCUT2D eigenvalue weighted by Crippen LogP contribution is 2.20. The molecule has 0 radical (unpaired) electrons. The van der Waals surface area contributed by atoms with Crippen LogP contribution in [0.15, 0.2) is 6.20 Å². The molecule has 1 aromatic heterocycles. The Morgan fingerprint density at radius 2 is 2.13 bits per heavy atom. The first-order chi connectivity index (χ1) is 10.8. The van der Waals surface area contributed by atoms with E-state index < -0.39 is 11.6 Å². The molecule has 0 spiro atoms. The number of esters is 1. The van der Waals surface area contributed by atoms with Crippen LogP contribution in [-0.2, 0) is 16.0 Å². The number of rotatable bonds is 4. The van der Waals surface area contributed by atoms with Crippen LogP contribution < -0.4 is 0 Å². The summed E-state index contributed by atoms with van der Waals surface area (Å²) in [5.41, 5.74) is -0.288. The van der Waals surface area contributed by atoms with E-state index in [9.17, 15) is 9.59 Å². The van der Waals surface area contributed by atoms with Crippen molar-refractivity contribution in [3.05, 3.63) is 11.9 Å². The van der Waals surface area contributed by atoms with Crippen LogP contribution in [0.4, 0.5) is 4.79 Å². The third kappa shape index (κ3) is 4.94. The van der Waals surface area contributed by atoms with E-state index in [0.717, 1.165) is 6.42 Å². The van der Waals surface area contributed by atoms with Crippen LogP contribution in [0, 0.1) is 5.92 Å². The fourth-order valence-corrected chi connectivity index (χ4v) is 2.42. The highest BCUT2D eigenvalue weighted by atomic mass is 16.6. The highest BCUT2D eigenvalue weighted by Gasteiger charge is 2.30. The van der Waals surface area contributed by atoms with Gasteiger partial charge in [0.25, 0.3) is 0 Å². The van der Waals surface area contributed by atoms with Gasteiger partial charge in [0.05, 0.1) is 12.8 Å². The molecular formula is C15H24N4O4. The lowest BCUT2D eigenvalue weighted by Gasteiger charge is -2.24. The Bertz CT molecular complexity index is 564. The van der Waals surface area contributed by atoms with Crippen LogP contribution in [-0.4, -0.2) is 57.3 Å². The van der Waals surface area contributed by atoms with Crippen LogP contribution in [0.5, 0.6) is 0 Å². The second-order valence-corrected chi connectivity index (χ2v) is 6.63. The summed E-state index contributed by atoms with van der Waals surface area (Å²) in [6, 6.07) is 0. The van der Waals surface area contributed by atoms with Gasteiger partial charge in [0.1, 0.15) is 5.60 Å². The number of carbonyl (C=O) groups is 2. The molecule has 1 atom stereocenters. The molecule has 0 N–H and O–H groups in total. The van der Waals surface area contributed by atoms with Crippen LogP contribution in [0.3, 0.4) is 0 Å². The molecule has 1 unspecified atom stereocenters. The van der Waals surface area contributed by atoms with Gasteiger partial charge in [-0.2, -0.15) is 0 Å². The summed E-state index contributed by atoms with van der Waals surface area (Å²) in [7, 11) is 0. The molecule has 0 aromatic carbocycles. The molecule has 2 heterocycles. The maximum atomic E-state index is 12.0. The minimum Gasteiger partial charge on any atom is -0.461 e. The largest absolute Gasteiger partial charge is 0.461 e. The first kappa shape index (κ1) is 17.2. The first-order valence-corrected chi connectivity index (χ1v) is 7.83. The van der Waals surface area contributed by atoms with Crippen molar-refractivity contribution in [3.8, 4) is 0 Å². The van der Waals surface area contributed by atoms with E-state index in [0.29, 0.717) is 26.2 Å². The average molecular weight is 324 g/mol. The number of aromatic nitrogens is 3. The summed E-state index contributed by atoms with van der Waals surface area (Å²) < 4.78 is 11.9. The number of ether oxygens (including phenoxy) is 2. The lowest BCUT2D eigenvalue weighted by atomic mass is 10.1. The summed E-state index contributed by atoms with van der Waals surface area (Å²) in [5.74, 6) is -0.209. The molecule has 8 heteroatoms. The maximum Gasteiger partial charge on any atom is 0.410 e. The van der Waals surface area contributed by atoms with Crippen molar-refractivity contribution in [2.75, 3.05) is 19.7 Å². The standard InChI is InChI=1S/C15H24N4O4/c1-5-22-13(20)12-10-19(17-16-12)9-11-6-7-18(8-11)14(21)23-15(2,3)4/h10-11H,5-9H2,1-4H3. The summed E-state index contributed by atoms with van der Waals surface area (Å²) in [6.07, 6.45) is 2.16. The monoisotopic (exact) mass is 324 g/mol. The van der Waals surface area contributed by atoms with E-state index in [2.05, 4.69) is 10.3 Å². The zero-order chi connectivity index (χ0) is 17.0. The van der Waals surface area contributed by atoms with Gasteiger partial charge in [-0.05, 0) is 40.0 Å². The van der Waals surface area contributed by atoms with Crippen molar-refractivity contribution in [1.29, 1.82) is 0 Å². The Morgan fingerprint density at radius 1 is 1.39 bits per heavy atom. The average Bonchev–Trinajstić information content (AvgIpc) is 3.07. The van der Waals surface area contributed by atoms with Gasteiger partial charge in [0, 0.05) is 19.6 Å². The first-order valence-electron chi connectivity index (χ1n) is 7.83. The lowest BCUT2D eigenvalue weighted by Crippen LogP contribution is -2.35. The van der Waals surface area contributed by atoms with Crippen molar-refractivity contribution >= 4 is 12.1 Å². The van der Waals surface area contributed by atoms with Gasteiger partial charge in [-0.1, -0.05) is 5.21 Å². The van der Waals surface area contributed by atoms with Gasteiger partial charge in [-0.15, -0.1) is 5.10 Å². The molecule has 128 valence electrons. The summed E-state index contributed by atoms with van der Waals surface area (Å²) in [4.78, 5) is 25.3. The fourth-order valence-electron chi connectivity index (χ4n) is 2.42. The SMILES string of the molecule is CCOC(=O)c1cn(CC2CCN(C(=O)OC(C)(C)C)C2)nn1. The van der Waals surface area contributed by atoms with Crippen molar-refractivity contribution in [3.63, 3.8) is 0 Å². The van der Waals surface area contributed by atoms with Gasteiger partial charge in [-0.25, -0.2) is 9.59 Å². The van der Waals surface area contributed by atoms with Crippen molar-refractivity contribution in [2.45, 2.75) is 46.3 Å². The second-order valence-electron chi connectivity index (χ2n) is 6.63. The highest BCUT2D eigenvalue weighted by molar-refractivity contribution is 5.86. The number of amides is 1. The predicted molar refractivity (Wildman–Crippen MR) is 81.9 cm³/mol. The number of nitrogens with zero attached hydrogens (tertiary/aromatic N) is 4. The van der Waals surface area contributed by atoms with E-state index in [1.807, 2.05) is 20.8 Å². The molecule has 1 saturated heterocycles. The fraction of sp³-hybridized carbons (Fsp3) is 0.733. The van der Waals surface area contributed by atoms with Gasteiger partial charge >= 0.3 is 12.1 Å². The molecule has 1 aromatic rings. The molecule has 0 bridgehead atoms. The molecular weight excluding hydrogens is 300 g/mol. The number of hydrogen-bond donors (Lipinski definition) is 0. The van der Waals surface area contributed by atoms with E-state index in [1.165, 1.54) is 0 Å². The molecule has 8 nitrogen and oxygen atoms in total. The normalized spacial score (nSPS) is 18.1. The third-order valence-corrected chi connectivity index (χ3v) is 3.41. The topological polar surface area (TPSA) is 86.5 Å². The second kappa shape index (κ2) is 6.97. The molecule has 1 amide bonds. The Labute approximate surface area is 135 Å². The Kier molecular flexibility index (Phi) is 5.23. The number of carbonyl (C=O) groups excluding carboxylic acids is 2. The van der Waals surface area contributed by atoms with Crippen molar-refractivity contribution in [2.24, 2.45) is 5.92 Å². The molecule has 23 heavy (non-hydrogen) atoms. The number of likely N-dealkylation sites (tertiary alicyclic amines) is 1. The third-order valence-electron chi connectivity index (χ3n) is 3.41. The van der Waals surface area contributed by atoms with Crippen LogP contribution in [0.2, 0.25) is 0 Å². The molecule has 1 aliphatic heterocycles. The molecule has 2 rings (SSSR count). The lowest BCUT2D eigenvalue weighted by molar-refractivity contribution is 0.0286. The smallest absolute Gasteiger partial charge is 0.410 e. The van der Waals surface area contributed by atoms with Crippen molar-refractivity contribution < 1.29 is 19.1 Å². The van der Waals surface area contributed by atoms with E-state index >= 15 is 0 Å². The molecule has 0 aliphatic carbocycles. The quantitative estimate of drug-likeness (QED) is 0.784. The summed E-state index contributed by atoms with van der Waals surface area (Å²) >= 11 is 0. The van der Waals surface area contributed by atoms with Gasteiger partial charge in [0.15, 0.2) is 5.69 Å². The van der Waals surface area contributed by atoms with Crippen LogP contribution in [0.1, 0.15) is 44.6 Å². The van der Waals surface area contributed by atoms with Crippen molar-refractivity contribution in [1.82, 2.24) is 19.9 Å². The Hall–Kier alpha value is -2.12. The summed E-state index contributed by atoms with van der Waals surface area (Å²) in [5, 5.41) is 7.76. The van der Waals surface area contributed by atoms with E-state index in [-0.39, 0.29) is 17.7 Å². The molecule has 0 saturated carbocycles. The van der Waals surface area contributed by atoms with Crippen LogP contribution >= 0.6 is 0 Å². The summed E-state index contributed by atoms with van der Waals surface area (Å²) in [6.45, 7) is 9.49. The van der Waals surface area contributed by atoms with E-state index in [4.69, 9.17) is 9.47 Å². The Morgan fingerprint density at radius 3 is 2.78 bits per heavy atom. The molecule has 1 fully saturated rings. The molecule has 1 aliphatic rings. The Balaban J connectivity index is 1.86. The predicted octanol–water partition coefficient (Wildman–Crippen LogP) is 1.71. The van der Waals surface area contributed by atoms with E-state index in [1.54, 1.807) is 22.7 Å². The zero-order valence-electron chi connectivity index (χ0n) is 14.1. The number of hydrogen-bond acceptors (Lipinski definition) is 6. The zero-order valence-corrected chi connectivity index (χ0v) is 14.1. The van der Waals surface area contributed by atoms with Gasteiger partial charge in [-0.3, -0.25) is 4.68 Å². The minimum absolute atomic E-state index is 0.203. The maximum absolute atomic E-state index is 12.0. The van der Waals surface area contributed by atoms with Gasteiger partial charge < -0.3 is 14.4 Å². The van der Waals surface area contributed by atoms with Gasteiger partial charge in [0.2, 0.25) is 0 Å².